The number of amides is 2. The zero-order chi connectivity index (χ0) is 24.1. The van der Waals surface area contributed by atoms with Gasteiger partial charge in [-0.15, -0.1) is 0 Å². The van der Waals surface area contributed by atoms with Crippen molar-refractivity contribution in [3.63, 3.8) is 0 Å². The van der Waals surface area contributed by atoms with E-state index in [1.165, 1.54) is 20.4 Å². The number of anilines is 1. The summed E-state index contributed by atoms with van der Waals surface area (Å²) in [5.41, 5.74) is 0.651. The van der Waals surface area contributed by atoms with Gasteiger partial charge in [-0.05, 0) is 35.4 Å². The summed E-state index contributed by atoms with van der Waals surface area (Å²) in [5, 5.41) is 28.6. The topological polar surface area (TPSA) is 136 Å². The van der Waals surface area contributed by atoms with E-state index in [-0.39, 0.29) is 59.1 Å². The first-order valence-corrected chi connectivity index (χ1v) is 10.1. The van der Waals surface area contributed by atoms with Gasteiger partial charge in [-0.3, -0.25) is 4.79 Å². The summed E-state index contributed by atoms with van der Waals surface area (Å²) >= 11 is 6.10. The molecule has 2 amide bonds. The number of nitrogens with zero attached hydrogens (tertiary/aromatic N) is 1. The molecule has 0 aliphatic rings. The molecule has 0 aliphatic carbocycles. The number of rotatable bonds is 7. The number of benzene rings is 2. The number of methoxy groups -OCH3 is 1. The standard InChI is InChI=1S/C23H22ClN3O6.2Na/c1-27-9-8-18(28)21(22(27)31)26-23(32)25-17(12-20(29)30)14-6-7-19(33-2)16(11-14)13-4-3-5-15(24)10-13;;/h3-11,17,28H,12H2,1-2H3,(H,29,30)(H2,25,26,32);;/q;2*+1/p-2/t17-;;/m0../s1. The minimum Gasteiger partial charge on any atom is -0.871 e. The Morgan fingerprint density at radius 1 is 1.14 bits per heavy atom. The Balaban J connectivity index is 0.00000306. The second kappa shape index (κ2) is 13.9. The van der Waals surface area contributed by atoms with Crippen LogP contribution in [0.1, 0.15) is 18.0 Å². The van der Waals surface area contributed by atoms with Gasteiger partial charge in [0, 0.05) is 36.2 Å². The summed E-state index contributed by atoms with van der Waals surface area (Å²) in [7, 11) is 2.92. The molecule has 1 atom stereocenters. The Bertz CT molecular complexity index is 1270. The maximum atomic E-state index is 12.6. The molecule has 0 bridgehead atoms. The van der Waals surface area contributed by atoms with Gasteiger partial charge >= 0.3 is 65.1 Å². The number of pyridine rings is 1. The van der Waals surface area contributed by atoms with Crippen molar-refractivity contribution in [2.75, 3.05) is 12.4 Å². The van der Waals surface area contributed by atoms with Crippen LogP contribution in [0.2, 0.25) is 5.02 Å². The van der Waals surface area contributed by atoms with Crippen molar-refractivity contribution in [1.29, 1.82) is 0 Å². The number of aromatic nitrogens is 1. The molecule has 0 aliphatic heterocycles. The van der Waals surface area contributed by atoms with Crippen molar-refractivity contribution in [1.82, 2.24) is 9.88 Å². The number of halogens is 1. The molecule has 1 aromatic heterocycles. The van der Waals surface area contributed by atoms with Crippen LogP contribution in [-0.2, 0) is 11.8 Å². The molecule has 2 aromatic carbocycles. The first kappa shape index (κ1) is 31.1. The van der Waals surface area contributed by atoms with E-state index in [4.69, 9.17) is 16.3 Å². The van der Waals surface area contributed by atoms with Crippen LogP contribution in [0.5, 0.6) is 11.5 Å². The average molecular weight is 516 g/mol. The van der Waals surface area contributed by atoms with Gasteiger partial charge in [-0.25, -0.2) is 4.79 Å². The third kappa shape index (κ3) is 8.01. The number of aryl methyl sites for hydroxylation is 1. The van der Waals surface area contributed by atoms with E-state index in [1.807, 2.05) is 6.07 Å². The second-order valence-electron chi connectivity index (χ2n) is 7.17. The van der Waals surface area contributed by atoms with Gasteiger partial charge < -0.3 is 34.9 Å². The molecule has 0 fully saturated rings. The summed E-state index contributed by atoms with van der Waals surface area (Å²) in [6.45, 7) is 0. The Morgan fingerprint density at radius 2 is 1.86 bits per heavy atom. The maximum Gasteiger partial charge on any atom is 1.00 e. The number of carbonyl (C=O) groups is 2. The van der Waals surface area contributed by atoms with Gasteiger partial charge in [0.1, 0.15) is 11.4 Å². The van der Waals surface area contributed by atoms with Crippen molar-refractivity contribution in [3.05, 3.63) is 75.7 Å². The molecule has 35 heavy (non-hydrogen) atoms. The largest absolute Gasteiger partial charge is 1.00 e. The molecular weight excluding hydrogens is 496 g/mol. The van der Waals surface area contributed by atoms with Crippen molar-refractivity contribution in [2.24, 2.45) is 7.05 Å². The molecule has 12 heteroatoms. The van der Waals surface area contributed by atoms with Gasteiger partial charge in [-0.2, -0.15) is 0 Å². The molecule has 2 N–H and O–H groups in total. The Hall–Kier alpha value is -1.98. The Morgan fingerprint density at radius 3 is 2.49 bits per heavy atom. The van der Waals surface area contributed by atoms with Gasteiger partial charge in [0.25, 0.3) is 5.56 Å². The molecule has 9 nitrogen and oxygen atoms in total. The van der Waals surface area contributed by atoms with Crippen molar-refractivity contribution >= 4 is 29.3 Å². The predicted molar refractivity (Wildman–Crippen MR) is 119 cm³/mol. The fraction of sp³-hybridized carbons (Fsp3) is 0.174. The SMILES string of the molecule is COc1ccc([C@H](CC(=O)[O-])NC(=O)Nc2c([O-])ccn(C)c2=O)cc1-c1cccc(Cl)c1.[Na+].[Na+]. The van der Waals surface area contributed by atoms with Crippen LogP contribution < -0.4 is 90.3 Å². The molecule has 0 saturated heterocycles. The van der Waals surface area contributed by atoms with E-state index < -0.39 is 41.5 Å². The maximum absolute atomic E-state index is 12.6. The van der Waals surface area contributed by atoms with Gasteiger partial charge in [0.05, 0.1) is 13.2 Å². The van der Waals surface area contributed by atoms with Crippen LogP contribution in [0.3, 0.4) is 0 Å². The van der Waals surface area contributed by atoms with Gasteiger partial charge in [0.2, 0.25) is 0 Å². The minimum absolute atomic E-state index is 0. The number of hydrogen-bond acceptors (Lipinski definition) is 6. The molecule has 3 rings (SSSR count). The van der Waals surface area contributed by atoms with E-state index in [0.29, 0.717) is 21.9 Å². The molecule has 0 radical (unpaired) electrons. The van der Waals surface area contributed by atoms with E-state index in [1.54, 1.807) is 36.4 Å². The molecule has 0 saturated carbocycles. The van der Waals surface area contributed by atoms with Crippen molar-refractivity contribution in [3.8, 4) is 22.6 Å². The number of hydrogen-bond donors (Lipinski definition) is 2. The smallest absolute Gasteiger partial charge is 0.871 e. The molecule has 1 heterocycles. The predicted octanol–water partition coefficient (Wildman–Crippen LogP) is -4.20. The van der Waals surface area contributed by atoms with Crippen molar-refractivity contribution in [2.45, 2.75) is 12.5 Å². The van der Waals surface area contributed by atoms with Crippen LogP contribution in [0.15, 0.2) is 59.5 Å². The van der Waals surface area contributed by atoms with Gasteiger partial charge in [-0.1, -0.05) is 41.6 Å². The fourth-order valence-corrected chi connectivity index (χ4v) is 3.47. The van der Waals surface area contributed by atoms with Gasteiger partial charge in [0.15, 0.2) is 0 Å². The van der Waals surface area contributed by atoms with Crippen LogP contribution in [-0.4, -0.2) is 23.7 Å². The monoisotopic (exact) mass is 515 g/mol. The third-order valence-electron chi connectivity index (χ3n) is 4.91. The molecule has 172 valence electrons. The van der Waals surface area contributed by atoms with E-state index in [0.717, 1.165) is 16.2 Å². The first-order chi connectivity index (χ1) is 15.7. The second-order valence-corrected chi connectivity index (χ2v) is 7.60. The van der Waals surface area contributed by atoms with E-state index in [9.17, 15) is 24.6 Å². The normalized spacial score (nSPS) is 10.8. The number of carboxylic acid groups (broad SMARTS) is 1. The Kier molecular flexibility index (Phi) is 12.4. The van der Waals surface area contributed by atoms with Crippen LogP contribution in [0.25, 0.3) is 11.1 Å². The number of ether oxygens (including phenoxy) is 1. The minimum atomic E-state index is -1.40. The number of nitrogens with one attached hydrogen (secondary N) is 2. The quantitative estimate of drug-likeness (QED) is 0.306. The summed E-state index contributed by atoms with van der Waals surface area (Å²) in [6, 6.07) is 11.1. The average Bonchev–Trinajstić information content (AvgIpc) is 2.78. The molecule has 0 spiro atoms. The fourth-order valence-electron chi connectivity index (χ4n) is 3.28. The third-order valence-corrected chi connectivity index (χ3v) is 5.14. The van der Waals surface area contributed by atoms with Crippen LogP contribution in [0, 0.1) is 0 Å². The zero-order valence-electron chi connectivity index (χ0n) is 19.8. The number of urea groups is 1. The zero-order valence-corrected chi connectivity index (χ0v) is 24.5. The number of carbonyl (C=O) groups excluding carboxylic acids is 2. The van der Waals surface area contributed by atoms with E-state index >= 15 is 0 Å². The van der Waals surface area contributed by atoms with Crippen LogP contribution >= 0.6 is 11.6 Å². The Labute approximate surface area is 251 Å². The number of carboxylic acids is 1. The molecular formula is C23H20ClN3Na2O6. The summed E-state index contributed by atoms with van der Waals surface area (Å²) in [4.78, 5) is 36.1. The van der Waals surface area contributed by atoms with Crippen molar-refractivity contribution < 1.29 is 83.7 Å². The summed E-state index contributed by atoms with van der Waals surface area (Å²) in [6.07, 6.45) is 0.729. The molecule has 0 unspecified atom stereocenters. The first-order valence-electron chi connectivity index (χ1n) is 9.77. The van der Waals surface area contributed by atoms with Crippen LogP contribution in [0.4, 0.5) is 10.5 Å². The summed E-state index contributed by atoms with van der Waals surface area (Å²) < 4.78 is 6.55. The summed E-state index contributed by atoms with van der Waals surface area (Å²) in [5.74, 6) is -1.56. The molecule has 3 aromatic rings. The number of aliphatic carboxylic acids is 1. The van der Waals surface area contributed by atoms with E-state index in [2.05, 4.69) is 10.6 Å².